The van der Waals surface area contributed by atoms with E-state index in [1.54, 1.807) is 0 Å². The number of hydrogen-bond donors (Lipinski definition) is 0. The third-order valence-corrected chi connectivity index (χ3v) is 3.70. The Balaban J connectivity index is 1.95. The fourth-order valence-electron chi connectivity index (χ4n) is 2.47. The maximum atomic E-state index is 13.1. The molecule has 0 amide bonds. The Morgan fingerprint density at radius 3 is 2.48 bits per heavy atom. The quantitative estimate of drug-likeness (QED) is 0.843. The maximum Gasteiger partial charge on any atom is 0.450 e. The monoisotopic (exact) mass is 327 g/mol. The first-order chi connectivity index (χ1) is 10.8. The van der Waals surface area contributed by atoms with Gasteiger partial charge < -0.3 is 14.2 Å². The van der Waals surface area contributed by atoms with E-state index in [1.165, 1.54) is 19.3 Å². The number of halogens is 3. The molecule has 0 aromatic carbocycles. The van der Waals surface area contributed by atoms with Gasteiger partial charge in [-0.2, -0.15) is 18.2 Å². The van der Waals surface area contributed by atoms with Gasteiger partial charge in [-0.05, 0) is 20.0 Å². The number of furan rings is 1. The molecule has 0 bridgehead atoms. The number of likely N-dealkylation sites (N-methyl/N-ethyl adjacent to an activating group) is 1. The summed E-state index contributed by atoms with van der Waals surface area (Å²) in [6, 6.07) is 1.30. The van der Waals surface area contributed by atoms with E-state index in [9.17, 15) is 13.2 Å². The minimum Gasteiger partial charge on any atom is -0.456 e. The highest BCUT2D eigenvalue weighted by molar-refractivity contribution is 5.60. The van der Waals surface area contributed by atoms with Crippen LogP contribution < -0.4 is 4.90 Å². The molecule has 3 rings (SSSR count). The molecule has 1 aliphatic rings. The third kappa shape index (κ3) is 3.29. The second kappa shape index (κ2) is 5.80. The van der Waals surface area contributed by atoms with Crippen LogP contribution in [0.4, 0.5) is 19.1 Å². The van der Waals surface area contributed by atoms with Crippen molar-refractivity contribution in [1.82, 2.24) is 19.9 Å². The van der Waals surface area contributed by atoms with Crippen molar-refractivity contribution in [1.29, 1.82) is 0 Å². The van der Waals surface area contributed by atoms with Gasteiger partial charge in [0.15, 0.2) is 5.82 Å². The van der Waals surface area contributed by atoms with Crippen molar-refractivity contribution in [3.05, 3.63) is 23.9 Å². The SMILES string of the molecule is Cc1cc(-c2ncnc(N3CCN(C)CC3)n2)c(C(F)(F)F)o1. The van der Waals surface area contributed by atoms with E-state index >= 15 is 0 Å². The van der Waals surface area contributed by atoms with E-state index in [-0.39, 0.29) is 17.1 Å². The molecular formula is C14H16F3N5O. The Morgan fingerprint density at radius 1 is 1.13 bits per heavy atom. The lowest BCUT2D eigenvalue weighted by Crippen LogP contribution is -2.45. The van der Waals surface area contributed by atoms with Crippen molar-refractivity contribution in [2.45, 2.75) is 13.1 Å². The van der Waals surface area contributed by atoms with Crippen molar-refractivity contribution in [2.24, 2.45) is 0 Å². The van der Waals surface area contributed by atoms with Gasteiger partial charge in [0, 0.05) is 26.2 Å². The molecule has 1 aliphatic heterocycles. The number of rotatable bonds is 2. The zero-order chi connectivity index (χ0) is 16.6. The van der Waals surface area contributed by atoms with Gasteiger partial charge in [-0.25, -0.2) is 9.97 Å². The number of piperazine rings is 1. The molecule has 0 aliphatic carbocycles. The summed E-state index contributed by atoms with van der Waals surface area (Å²) in [6.07, 6.45) is -3.36. The molecule has 9 heteroatoms. The number of hydrogen-bond acceptors (Lipinski definition) is 6. The zero-order valence-corrected chi connectivity index (χ0v) is 12.8. The highest BCUT2D eigenvalue weighted by Gasteiger charge is 2.39. The topological polar surface area (TPSA) is 58.3 Å². The molecule has 0 unspecified atom stereocenters. The lowest BCUT2D eigenvalue weighted by molar-refractivity contribution is -0.152. The van der Waals surface area contributed by atoms with E-state index < -0.39 is 11.9 Å². The number of anilines is 1. The molecular weight excluding hydrogens is 311 g/mol. The Hall–Kier alpha value is -2.16. The van der Waals surface area contributed by atoms with Crippen LogP contribution in [0.15, 0.2) is 16.8 Å². The average Bonchev–Trinajstić information content (AvgIpc) is 2.90. The van der Waals surface area contributed by atoms with Crippen molar-refractivity contribution in [3.63, 3.8) is 0 Å². The van der Waals surface area contributed by atoms with Gasteiger partial charge in [-0.3, -0.25) is 0 Å². The van der Waals surface area contributed by atoms with Gasteiger partial charge >= 0.3 is 6.18 Å². The second-order valence-electron chi connectivity index (χ2n) is 5.50. The van der Waals surface area contributed by atoms with Crippen molar-refractivity contribution < 1.29 is 17.6 Å². The fraction of sp³-hybridized carbons (Fsp3) is 0.500. The standard InChI is InChI=1S/C14H16F3N5O/c1-9-7-10(11(23-9)14(15,16)17)12-18-8-19-13(20-12)22-5-3-21(2)4-6-22/h7-8H,3-6H2,1-2H3. The number of aromatic nitrogens is 3. The summed E-state index contributed by atoms with van der Waals surface area (Å²) < 4.78 is 44.0. The van der Waals surface area contributed by atoms with E-state index in [4.69, 9.17) is 4.42 Å². The number of aryl methyl sites for hydroxylation is 1. The first-order valence-corrected chi connectivity index (χ1v) is 7.15. The number of alkyl halides is 3. The number of nitrogens with zero attached hydrogens (tertiary/aromatic N) is 5. The Labute approximate surface area is 131 Å². The molecule has 2 aromatic heterocycles. The molecule has 1 fully saturated rings. The molecule has 3 heterocycles. The summed E-state index contributed by atoms with van der Waals surface area (Å²) in [5, 5.41) is 0. The Morgan fingerprint density at radius 2 is 1.83 bits per heavy atom. The van der Waals surface area contributed by atoms with Gasteiger partial charge in [0.05, 0.1) is 5.56 Å². The fourth-order valence-corrected chi connectivity index (χ4v) is 2.47. The molecule has 1 saturated heterocycles. The summed E-state index contributed by atoms with van der Waals surface area (Å²) in [5.74, 6) is -0.562. The molecule has 6 nitrogen and oxygen atoms in total. The van der Waals surface area contributed by atoms with Crippen LogP contribution in [0.1, 0.15) is 11.5 Å². The normalized spacial score (nSPS) is 16.8. The van der Waals surface area contributed by atoms with Gasteiger partial charge in [-0.1, -0.05) is 0 Å². The van der Waals surface area contributed by atoms with Gasteiger partial charge in [-0.15, -0.1) is 0 Å². The van der Waals surface area contributed by atoms with Gasteiger partial charge in [0.25, 0.3) is 0 Å². The van der Waals surface area contributed by atoms with Crippen molar-refractivity contribution >= 4 is 5.95 Å². The Bertz CT molecular complexity index is 692. The summed E-state index contributed by atoms with van der Waals surface area (Å²) in [7, 11) is 2.01. The lowest BCUT2D eigenvalue weighted by atomic mass is 10.2. The largest absolute Gasteiger partial charge is 0.456 e. The minimum atomic E-state index is -4.59. The third-order valence-electron chi connectivity index (χ3n) is 3.70. The predicted molar refractivity (Wildman–Crippen MR) is 77.0 cm³/mol. The van der Waals surface area contributed by atoms with E-state index in [1.807, 2.05) is 11.9 Å². The van der Waals surface area contributed by atoms with E-state index in [0.717, 1.165) is 26.2 Å². The predicted octanol–water partition coefficient (Wildman–Crippen LogP) is 2.21. The van der Waals surface area contributed by atoms with Crippen LogP contribution >= 0.6 is 0 Å². The molecule has 0 N–H and O–H groups in total. The average molecular weight is 327 g/mol. The summed E-state index contributed by atoms with van der Waals surface area (Å²) in [6.45, 7) is 4.59. The van der Waals surface area contributed by atoms with Crippen LogP contribution in [0, 0.1) is 6.92 Å². The first kappa shape index (κ1) is 15.7. The van der Waals surface area contributed by atoms with Crippen LogP contribution in [0.3, 0.4) is 0 Å². The Kier molecular flexibility index (Phi) is 3.97. The van der Waals surface area contributed by atoms with Crippen molar-refractivity contribution in [2.75, 3.05) is 38.1 Å². The van der Waals surface area contributed by atoms with Crippen LogP contribution in [0.5, 0.6) is 0 Å². The van der Waals surface area contributed by atoms with Crippen LogP contribution in [-0.2, 0) is 6.18 Å². The van der Waals surface area contributed by atoms with Crippen LogP contribution in [0.2, 0.25) is 0 Å². The molecule has 0 atom stereocenters. The maximum absolute atomic E-state index is 13.1. The molecule has 23 heavy (non-hydrogen) atoms. The van der Waals surface area contributed by atoms with Crippen LogP contribution in [-0.4, -0.2) is 53.1 Å². The lowest BCUT2D eigenvalue weighted by Gasteiger charge is -2.32. The smallest absolute Gasteiger partial charge is 0.450 e. The molecule has 0 radical (unpaired) electrons. The molecule has 0 spiro atoms. The highest BCUT2D eigenvalue weighted by atomic mass is 19.4. The first-order valence-electron chi connectivity index (χ1n) is 7.15. The van der Waals surface area contributed by atoms with E-state index in [2.05, 4.69) is 19.9 Å². The summed E-state index contributed by atoms with van der Waals surface area (Å²) >= 11 is 0. The summed E-state index contributed by atoms with van der Waals surface area (Å²) in [4.78, 5) is 16.3. The summed E-state index contributed by atoms with van der Waals surface area (Å²) in [5.41, 5.74) is -0.159. The highest BCUT2D eigenvalue weighted by Crippen LogP contribution is 2.38. The molecule has 2 aromatic rings. The molecule has 124 valence electrons. The molecule has 0 saturated carbocycles. The van der Waals surface area contributed by atoms with Gasteiger partial charge in [0.1, 0.15) is 12.1 Å². The van der Waals surface area contributed by atoms with Crippen molar-refractivity contribution in [3.8, 4) is 11.4 Å². The van der Waals surface area contributed by atoms with Gasteiger partial charge in [0.2, 0.25) is 11.7 Å². The van der Waals surface area contributed by atoms with Crippen LogP contribution in [0.25, 0.3) is 11.4 Å². The minimum absolute atomic E-state index is 0.0295. The second-order valence-corrected chi connectivity index (χ2v) is 5.50. The van der Waals surface area contributed by atoms with E-state index in [0.29, 0.717) is 5.95 Å². The zero-order valence-electron chi connectivity index (χ0n) is 12.8.